The van der Waals surface area contributed by atoms with E-state index in [4.69, 9.17) is 9.47 Å². The van der Waals surface area contributed by atoms with Crippen LogP contribution in [0.15, 0.2) is 0 Å². The van der Waals surface area contributed by atoms with Crippen LogP contribution in [0.2, 0.25) is 0 Å². The van der Waals surface area contributed by atoms with E-state index in [9.17, 15) is 4.79 Å². The number of rotatable bonds is 0. The Balaban J connectivity index is 1.94. The summed E-state index contributed by atoms with van der Waals surface area (Å²) in [7, 11) is 0. The lowest BCUT2D eigenvalue weighted by Crippen LogP contribution is -2.47. The summed E-state index contributed by atoms with van der Waals surface area (Å²) < 4.78 is 10.8. The van der Waals surface area contributed by atoms with Crippen molar-refractivity contribution in [3.63, 3.8) is 0 Å². The van der Waals surface area contributed by atoms with Gasteiger partial charge in [0.15, 0.2) is 0 Å². The number of hydrogen-bond acceptors (Lipinski definition) is 3. The summed E-state index contributed by atoms with van der Waals surface area (Å²) in [6.45, 7) is 8.38. The lowest BCUT2D eigenvalue weighted by atomic mass is 10.0. The van der Waals surface area contributed by atoms with Crippen molar-refractivity contribution in [2.24, 2.45) is 0 Å². The first-order chi connectivity index (χ1) is 6.87. The van der Waals surface area contributed by atoms with Gasteiger partial charge in [-0.2, -0.15) is 0 Å². The van der Waals surface area contributed by atoms with Crippen LogP contribution >= 0.6 is 0 Å². The average Bonchev–Trinajstić information content (AvgIpc) is 2.76. The summed E-state index contributed by atoms with van der Waals surface area (Å²) in [5, 5.41) is 0. The van der Waals surface area contributed by atoms with Gasteiger partial charge in [-0.15, -0.1) is 0 Å². The first-order valence-corrected chi connectivity index (χ1v) is 5.52. The Bertz CT molecular complexity index is 271. The van der Waals surface area contributed by atoms with E-state index in [1.54, 1.807) is 4.90 Å². The van der Waals surface area contributed by atoms with Crippen LogP contribution in [0.4, 0.5) is 4.79 Å². The van der Waals surface area contributed by atoms with E-state index < -0.39 is 5.60 Å². The summed E-state index contributed by atoms with van der Waals surface area (Å²) in [5.74, 6) is 0. The van der Waals surface area contributed by atoms with E-state index in [2.05, 4.69) is 0 Å². The molecule has 2 fully saturated rings. The normalized spacial score (nSPS) is 34.7. The molecule has 0 aliphatic carbocycles. The molecule has 2 aliphatic heterocycles. The zero-order valence-corrected chi connectivity index (χ0v) is 9.82. The topological polar surface area (TPSA) is 42.1 Å². The fourth-order valence-electron chi connectivity index (χ4n) is 1.96. The first-order valence-electron chi connectivity index (χ1n) is 5.52. The second-order valence-electron chi connectivity index (χ2n) is 5.43. The van der Waals surface area contributed by atoms with Crippen molar-refractivity contribution in [3.8, 4) is 0 Å². The van der Waals surface area contributed by atoms with Gasteiger partial charge >= 0.3 is 6.09 Å². The molecule has 2 saturated heterocycles. The minimum atomic E-state index is -0.419. The largest absolute Gasteiger partial charge is 0.444 e. The number of piperidine rings is 1. The van der Waals surface area contributed by atoms with Crippen LogP contribution in [0.3, 0.4) is 0 Å². The fraction of sp³-hybridized carbons (Fsp3) is 0.909. The molecule has 0 spiro atoms. The molecular formula is C11H19NO3. The molecule has 2 rings (SSSR count). The quantitative estimate of drug-likeness (QED) is 0.576. The number of likely N-dealkylation sites (tertiary alicyclic amines) is 1. The van der Waals surface area contributed by atoms with Crippen LogP contribution in [0.1, 0.15) is 34.1 Å². The van der Waals surface area contributed by atoms with Crippen LogP contribution in [0.25, 0.3) is 0 Å². The highest BCUT2D eigenvalue weighted by Gasteiger charge is 2.48. The van der Waals surface area contributed by atoms with E-state index in [-0.39, 0.29) is 18.2 Å². The number of ether oxygens (including phenoxy) is 2. The Labute approximate surface area is 90.5 Å². The van der Waals surface area contributed by atoms with Crippen molar-refractivity contribution >= 4 is 6.09 Å². The van der Waals surface area contributed by atoms with E-state index >= 15 is 0 Å². The third-order valence-electron chi connectivity index (χ3n) is 2.80. The number of amides is 1. The summed E-state index contributed by atoms with van der Waals surface area (Å²) in [6.07, 6.45) is 1.36. The maximum atomic E-state index is 11.8. The van der Waals surface area contributed by atoms with Crippen LogP contribution in [-0.4, -0.2) is 41.4 Å². The Morgan fingerprint density at radius 1 is 1.40 bits per heavy atom. The molecule has 2 heterocycles. The van der Waals surface area contributed by atoms with Crippen LogP contribution in [0.5, 0.6) is 0 Å². The summed E-state index contributed by atoms with van der Waals surface area (Å²) >= 11 is 0. The molecule has 15 heavy (non-hydrogen) atoms. The Morgan fingerprint density at radius 2 is 2.07 bits per heavy atom. The molecule has 0 aromatic rings. The fourth-order valence-corrected chi connectivity index (χ4v) is 1.96. The van der Waals surface area contributed by atoms with Gasteiger partial charge in [-0.05, 0) is 34.1 Å². The van der Waals surface area contributed by atoms with Gasteiger partial charge in [0, 0.05) is 6.04 Å². The van der Waals surface area contributed by atoms with Crippen LogP contribution in [-0.2, 0) is 9.47 Å². The molecule has 0 N–H and O–H groups in total. The predicted molar refractivity (Wildman–Crippen MR) is 55.7 cm³/mol. The van der Waals surface area contributed by atoms with E-state index in [1.807, 2.05) is 27.7 Å². The summed E-state index contributed by atoms with van der Waals surface area (Å²) in [5.41, 5.74) is -0.419. The second kappa shape index (κ2) is 3.37. The molecular weight excluding hydrogens is 194 g/mol. The molecule has 0 aromatic heterocycles. The van der Waals surface area contributed by atoms with Crippen molar-refractivity contribution in [2.75, 3.05) is 6.54 Å². The maximum absolute atomic E-state index is 11.8. The van der Waals surface area contributed by atoms with E-state index in [0.717, 1.165) is 6.42 Å². The number of nitrogens with zero attached hydrogens (tertiary/aromatic N) is 1. The zero-order valence-electron chi connectivity index (χ0n) is 9.82. The molecule has 2 aliphatic rings. The highest BCUT2D eigenvalue weighted by molar-refractivity contribution is 5.68. The minimum Gasteiger partial charge on any atom is -0.444 e. The molecule has 4 nitrogen and oxygen atoms in total. The first kappa shape index (κ1) is 10.7. The van der Waals surface area contributed by atoms with Crippen molar-refractivity contribution in [2.45, 2.75) is 58.0 Å². The zero-order chi connectivity index (χ0) is 11.2. The van der Waals surface area contributed by atoms with Crippen molar-refractivity contribution in [1.29, 1.82) is 0 Å². The third-order valence-corrected chi connectivity index (χ3v) is 2.80. The second-order valence-corrected chi connectivity index (χ2v) is 5.43. The van der Waals surface area contributed by atoms with E-state index in [0.29, 0.717) is 12.6 Å². The molecule has 0 aromatic carbocycles. The number of epoxide rings is 1. The Kier molecular flexibility index (Phi) is 2.41. The molecule has 4 heteroatoms. The van der Waals surface area contributed by atoms with Gasteiger partial charge in [-0.1, -0.05) is 0 Å². The van der Waals surface area contributed by atoms with Gasteiger partial charge in [0.1, 0.15) is 11.7 Å². The Hall–Kier alpha value is -0.770. The van der Waals surface area contributed by atoms with Gasteiger partial charge in [-0.25, -0.2) is 4.79 Å². The highest BCUT2D eigenvalue weighted by atomic mass is 16.6. The predicted octanol–water partition coefficient (Wildman–Crippen LogP) is 1.78. The lowest BCUT2D eigenvalue weighted by molar-refractivity contribution is 0.0142. The Morgan fingerprint density at radius 3 is 2.67 bits per heavy atom. The summed E-state index contributed by atoms with van der Waals surface area (Å²) in [4.78, 5) is 13.6. The molecule has 0 radical (unpaired) electrons. The molecule has 0 bridgehead atoms. The molecule has 3 atom stereocenters. The van der Waals surface area contributed by atoms with Crippen molar-refractivity contribution in [1.82, 2.24) is 4.90 Å². The van der Waals surface area contributed by atoms with Crippen LogP contribution < -0.4 is 0 Å². The number of fused-ring (bicyclic) bond motifs is 1. The van der Waals surface area contributed by atoms with Gasteiger partial charge in [0.2, 0.25) is 0 Å². The summed E-state index contributed by atoms with van der Waals surface area (Å²) in [6, 6.07) is 0.226. The average molecular weight is 213 g/mol. The van der Waals surface area contributed by atoms with Crippen molar-refractivity contribution < 1.29 is 14.3 Å². The molecule has 86 valence electrons. The minimum absolute atomic E-state index is 0.219. The molecule has 1 amide bonds. The maximum Gasteiger partial charge on any atom is 0.410 e. The van der Waals surface area contributed by atoms with Gasteiger partial charge in [0.25, 0.3) is 0 Å². The monoisotopic (exact) mass is 213 g/mol. The third kappa shape index (κ3) is 2.43. The SMILES string of the molecule is C[C@@H]1C[C@@H]2O[C@H]2CN1C(=O)OC(C)(C)C. The lowest BCUT2D eigenvalue weighted by Gasteiger charge is -2.33. The number of carbonyl (C=O) groups is 1. The number of hydrogen-bond donors (Lipinski definition) is 0. The van der Waals surface area contributed by atoms with Crippen LogP contribution in [0, 0.1) is 0 Å². The van der Waals surface area contributed by atoms with E-state index in [1.165, 1.54) is 0 Å². The standard InChI is InChI=1S/C11H19NO3/c1-7-5-8-9(14-8)6-12(7)10(13)15-11(2,3)4/h7-9H,5-6H2,1-4H3/t7-,8+,9+/m1/s1. The molecule has 0 unspecified atom stereocenters. The van der Waals surface area contributed by atoms with Gasteiger partial charge in [0.05, 0.1) is 12.6 Å². The van der Waals surface area contributed by atoms with Gasteiger partial charge in [-0.3, -0.25) is 0 Å². The highest BCUT2D eigenvalue weighted by Crippen LogP contribution is 2.34. The van der Waals surface area contributed by atoms with Gasteiger partial charge < -0.3 is 14.4 Å². The molecule has 0 saturated carbocycles. The van der Waals surface area contributed by atoms with Crippen molar-refractivity contribution in [3.05, 3.63) is 0 Å². The smallest absolute Gasteiger partial charge is 0.410 e. The number of carbonyl (C=O) groups excluding carboxylic acids is 1.